The van der Waals surface area contributed by atoms with Gasteiger partial charge in [0.1, 0.15) is 0 Å². The van der Waals surface area contributed by atoms with E-state index in [1.165, 1.54) is 4.31 Å². The summed E-state index contributed by atoms with van der Waals surface area (Å²) in [5.41, 5.74) is 0.658. The zero-order chi connectivity index (χ0) is 14.4. The van der Waals surface area contributed by atoms with Crippen LogP contribution >= 0.6 is 11.8 Å². The summed E-state index contributed by atoms with van der Waals surface area (Å²) in [4.78, 5) is 0.292. The number of hydrogen-bond acceptors (Lipinski definition) is 4. The molecule has 0 spiro atoms. The highest BCUT2D eigenvalue weighted by atomic mass is 32.2. The average Bonchev–Trinajstić information content (AvgIpc) is 2.49. The lowest BCUT2D eigenvalue weighted by Gasteiger charge is -2.25. The van der Waals surface area contributed by atoms with Crippen molar-refractivity contribution in [1.82, 2.24) is 4.31 Å². The van der Waals surface area contributed by atoms with Gasteiger partial charge < -0.3 is 5.11 Å². The third kappa shape index (κ3) is 3.76. The van der Waals surface area contributed by atoms with Gasteiger partial charge in [0.15, 0.2) is 0 Å². The van der Waals surface area contributed by atoms with Crippen LogP contribution in [0.25, 0.3) is 0 Å². The first-order chi connectivity index (χ1) is 9.64. The van der Waals surface area contributed by atoms with Crippen molar-refractivity contribution in [3.63, 3.8) is 0 Å². The van der Waals surface area contributed by atoms with Gasteiger partial charge in [0, 0.05) is 36.6 Å². The number of aliphatic hydroxyl groups is 1. The van der Waals surface area contributed by atoms with Crippen molar-refractivity contribution in [3.05, 3.63) is 29.8 Å². The fourth-order valence-corrected chi connectivity index (χ4v) is 4.51. The number of sulfonamides is 1. The normalized spacial score (nSPS) is 16.4. The van der Waals surface area contributed by atoms with Crippen LogP contribution in [-0.4, -0.2) is 49.0 Å². The number of rotatable bonds is 3. The first-order valence-electron chi connectivity index (χ1n) is 6.42. The molecule has 0 aliphatic carbocycles. The van der Waals surface area contributed by atoms with Gasteiger partial charge in [-0.2, -0.15) is 16.1 Å². The Morgan fingerprint density at radius 1 is 1.30 bits per heavy atom. The van der Waals surface area contributed by atoms with Crippen molar-refractivity contribution in [3.8, 4) is 11.8 Å². The Morgan fingerprint density at radius 2 is 2.05 bits per heavy atom. The lowest BCUT2D eigenvalue weighted by molar-refractivity contribution is 0.305. The van der Waals surface area contributed by atoms with E-state index in [2.05, 4.69) is 11.8 Å². The lowest BCUT2D eigenvalue weighted by atomic mass is 10.2. The summed E-state index contributed by atoms with van der Waals surface area (Å²) >= 11 is 1.77. The molecule has 0 amide bonds. The number of aliphatic hydroxyl groups excluding tert-OH is 1. The second-order valence-corrected chi connectivity index (χ2v) is 7.48. The Morgan fingerprint density at radius 3 is 2.75 bits per heavy atom. The van der Waals surface area contributed by atoms with Gasteiger partial charge in [-0.15, -0.1) is 0 Å². The fourth-order valence-electron chi connectivity index (χ4n) is 1.89. The van der Waals surface area contributed by atoms with Crippen molar-refractivity contribution in [2.24, 2.45) is 0 Å². The Hall–Kier alpha value is -1.00. The fraction of sp³-hybridized carbons (Fsp3) is 0.429. The Bertz CT molecular complexity index is 611. The molecule has 1 saturated heterocycles. The Balaban J connectivity index is 2.23. The Labute approximate surface area is 124 Å². The maximum Gasteiger partial charge on any atom is 0.243 e. The predicted molar refractivity (Wildman–Crippen MR) is 81.1 cm³/mol. The molecule has 0 unspecified atom stereocenters. The van der Waals surface area contributed by atoms with Crippen LogP contribution in [0, 0.1) is 11.8 Å². The second-order valence-electron chi connectivity index (χ2n) is 4.32. The van der Waals surface area contributed by atoms with E-state index in [4.69, 9.17) is 5.11 Å². The number of nitrogens with zero attached hydrogens (tertiary/aromatic N) is 1. The van der Waals surface area contributed by atoms with Crippen LogP contribution in [-0.2, 0) is 10.0 Å². The van der Waals surface area contributed by atoms with Gasteiger partial charge in [-0.3, -0.25) is 0 Å². The van der Waals surface area contributed by atoms with Crippen LogP contribution in [0.2, 0.25) is 0 Å². The maximum absolute atomic E-state index is 12.5. The first kappa shape index (κ1) is 15.4. The molecule has 20 heavy (non-hydrogen) atoms. The topological polar surface area (TPSA) is 57.6 Å². The monoisotopic (exact) mass is 311 g/mol. The summed E-state index contributed by atoms with van der Waals surface area (Å²) in [7, 11) is -3.41. The van der Waals surface area contributed by atoms with E-state index in [1.807, 2.05) is 0 Å². The first-order valence-corrected chi connectivity index (χ1v) is 9.02. The lowest BCUT2D eigenvalue weighted by Crippen LogP contribution is -2.37. The van der Waals surface area contributed by atoms with Gasteiger partial charge in [0.05, 0.1) is 11.5 Å². The highest BCUT2D eigenvalue weighted by Gasteiger charge is 2.25. The number of thioether (sulfide) groups is 1. The number of benzene rings is 1. The molecular weight excluding hydrogens is 294 g/mol. The van der Waals surface area contributed by atoms with Crippen LogP contribution in [0.3, 0.4) is 0 Å². The standard InChI is InChI=1S/C14H17NO3S2/c16-9-2-1-4-13-5-3-6-14(12-13)20(17,18)15-7-10-19-11-8-15/h3,5-6,12,16H,2,7-11H2. The largest absolute Gasteiger partial charge is 0.395 e. The molecule has 6 heteroatoms. The van der Waals surface area contributed by atoms with Crippen LogP contribution in [0.5, 0.6) is 0 Å². The van der Waals surface area contributed by atoms with Crippen molar-refractivity contribution >= 4 is 21.8 Å². The van der Waals surface area contributed by atoms with Crippen LogP contribution < -0.4 is 0 Å². The van der Waals surface area contributed by atoms with E-state index < -0.39 is 10.0 Å². The highest BCUT2D eigenvalue weighted by molar-refractivity contribution is 7.99. The minimum Gasteiger partial charge on any atom is -0.395 e. The minimum absolute atomic E-state index is 0.0104. The Kier molecular flexibility index (Phi) is 5.49. The van der Waals surface area contributed by atoms with Gasteiger partial charge in [-0.25, -0.2) is 8.42 Å². The van der Waals surface area contributed by atoms with Crippen LogP contribution in [0.15, 0.2) is 29.2 Å². The summed E-state index contributed by atoms with van der Waals surface area (Å²) < 4.78 is 26.5. The summed E-state index contributed by atoms with van der Waals surface area (Å²) in [6.45, 7) is 1.14. The third-order valence-electron chi connectivity index (χ3n) is 2.91. The predicted octanol–water partition coefficient (Wildman–Crippen LogP) is 1.16. The molecule has 1 aliphatic rings. The van der Waals surface area contributed by atoms with E-state index in [9.17, 15) is 8.42 Å². The van der Waals surface area contributed by atoms with Crippen molar-refractivity contribution in [1.29, 1.82) is 0 Å². The van der Waals surface area contributed by atoms with Gasteiger partial charge >= 0.3 is 0 Å². The molecule has 1 aliphatic heterocycles. The third-order valence-corrected chi connectivity index (χ3v) is 5.75. The molecule has 108 valence electrons. The quantitative estimate of drug-likeness (QED) is 0.851. The molecule has 4 nitrogen and oxygen atoms in total. The summed E-state index contributed by atoms with van der Waals surface area (Å²) in [5, 5.41) is 8.69. The SMILES string of the molecule is O=S(=O)(c1cccc(C#CCCO)c1)N1CCSCC1. The van der Waals surface area contributed by atoms with E-state index >= 15 is 0 Å². The summed E-state index contributed by atoms with van der Waals surface area (Å²) in [5.74, 6) is 7.35. The number of hydrogen-bond donors (Lipinski definition) is 1. The zero-order valence-electron chi connectivity index (χ0n) is 11.1. The molecule has 0 atom stereocenters. The smallest absolute Gasteiger partial charge is 0.243 e. The van der Waals surface area contributed by atoms with E-state index in [0.29, 0.717) is 30.0 Å². The molecule has 0 saturated carbocycles. The highest BCUT2D eigenvalue weighted by Crippen LogP contribution is 2.20. The second kappa shape index (κ2) is 7.14. The van der Waals surface area contributed by atoms with Gasteiger partial charge in [-0.05, 0) is 18.2 Å². The van der Waals surface area contributed by atoms with Gasteiger partial charge in [0.2, 0.25) is 10.0 Å². The van der Waals surface area contributed by atoms with Crippen LogP contribution in [0.4, 0.5) is 0 Å². The van der Waals surface area contributed by atoms with E-state index in [-0.39, 0.29) is 6.61 Å². The maximum atomic E-state index is 12.5. The molecule has 0 bridgehead atoms. The molecule has 0 aromatic heterocycles. The molecule has 1 aromatic rings. The summed E-state index contributed by atoms with van der Waals surface area (Å²) in [6.07, 6.45) is 0.389. The molecule has 1 aromatic carbocycles. The van der Waals surface area contributed by atoms with Crippen molar-refractivity contribution in [2.45, 2.75) is 11.3 Å². The molecule has 1 heterocycles. The minimum atomic E-state index is -3.41. The van der Waals surface area contributed by atoms with E-state index in [0.717, 1.165) is 11.5 Å². The molecule has 2 rings (SSSR count). The molecule has 1 fully saturated rings. The van der Waals surface area contributed by atoms with E-state index in [1.54, 1.807) is 36.0 Å². The molecule has 1 N–H and O–H groups in total. The van der Waals surface area contributed by atoms with Gasteiger partial charge in [-0.1, -0.05) is 17.9 Å². The zero-order valence-corrected chi connectivity index (χ0v) is 12.7. The molecular formula is C14H17NO3S2. The summed E-state index contributed by atoms with van der Waals surface area (Å²) in [6, 6.07) is 6.68. The van der Waals surface area contributed by atoms with Gasteiger partial charge in [0.25, 0.3) is 0 Å². The van der Waals surface area contributed by atoms with Crippen molar-refractivity contribution in [2.75, 3.05) is 31.2 Å². The van der Waals surface area contributed by atoms with Crippen LogP contribution in [0.1, 0.15) is 12.0 Å². The molecule has 0 radical (unpaired) electrons. The average molecular weight is 311 g/mol. The van der Waals surface area contributed by atoms with Crippen molar-refractivity contribution < 1.29 is 13.5 Å².